The van der Waals surface area contributed by atoms with Crippen LogP contribution in [0.15, 0.2) is 0 Å². The highest BCUT2D eigenvalue weighted by atomic mass is 16.4. The minimum Gasteiger partial charge on any atom is -0.481 e. The molecule has 0 aromatic heterocycles. The zero-order valence-corrected chi connectivity index (χ0v) is 9.64. The number of carbonyl (C=O) groups is 3. The molecule has 0 aliphatic carbocycles. The number of aliphatic carboxylic acids is 2. The Balaban J connectivity index is 4.68. The number of nitrogens with zero attached hydrogens (tertiary/aromatic N) is 1. The summed E-state index contributed by atoms with van der Waals surface area (Å²) in [6, 6.07) is -1.47. The molecular formula is C10H17NO5. The number of rotatable bonds is 7. The van der Waals surface area contributed by atoms with Crippen molar-refractivity contribution in [2.45, 2.75) is 39.3 Å². The van der Waals surface area contributed by atoms with Crippen molar-refractivity contribution in [2.75, 3.05) is 6.54 Å². The number of carbonyl (C=O) groups excluding carboxylic acids is 1. The fourth-order valence-electron chi connectivity index (χ4n) is 1.32. The highest BCUT2D eigenvalue weighted by Crippen LogP contribution is 2.08. The summed E-state index contributed by atoms with van der Waals surface area (Å²) < 4.78 is 0. The van der Waals surface area contributed by atoms with E-state index >= 15 is 0 Å². The molecule has 0 amide bonds. The minimum absolute atomic E-state index is 0.0452. The Bertz CT molecular complexity index is 269. The van der Waals surface area contributed by atoms with Gasteiger partial charge < -0.3 is 10.2 Å². The first-order chi connectivity index (χ1) is 7.27. The van der Waals surface area contributed by atoms with Gasteiger partial charge in [-0.3, -0.25) is 19.3 Å². The standard InChI is InChI=1S/C10H17NO5/c1-6(8(3)12)11(5-4-9(13)14)7(2)10(15)16/h6-7H,4-5H2,1-3H3,(H,13,14)(H,15,16). The van der Waals surface area contributed by atoms with Gasteiger partial charge in [-0.05, 0) is 20.8 Å². The van der Waals surface area contributed by atoms with Gasteiger partial charge in [-0.15, -0.1) is 0 Å². The van der Waals surface area contributed by atoms with Crippen LogP contribution in [0.25, 0.3) is 0 Å². The molecule has 0 aromatic rings. The molecule has 2 N–H and O–H groups in total. The number of Topliss-reactive ketones (excluding diaryl/α,β-unsaturated/α-hetero) is 1. The second-order valence-electron chi connectivity index (χ2n) is 3.68. The molecule has 0 fully saturated rings. The van der Waals surface area contributed by atoms with Gasteiger partial charge in [0.05, 0.1) is 12.5 Å². The predicted octanol–water partition coefficient (Wildman–Crippen LogP) is 0.214. The molecule has 16 heavy (non-hydrogen) atoms. The fraction of sp³-hybridized carbons (Fsp3) is 0.700. The summed E-state index contributed by atoms with van der Waals surface area (Å²) >= 11 is 0. The van der Waals surface area contributed by atoms with Gasteiger partial charge >= 0.3 is 11.9 Å². The lowest BCUT2D eigenvalue weighted by atomic mass is 10.1. The smallest absolute Gasteiger partial charge is 0.320 e. The molecule has 2 unspecified atom stereocenters. The maximum absolute atomic E-state index is 11.2. The summed E-state index contributed by atoms with van der Waals surface area (Å²) in [5.41, 5.74) is 0. The molecular weight excluding hydrogens is 214 g/mol. The molecule has 6 heteroatoms. The average Bonchev–Trinajstić information content (AvgIpc) is 2.16. The molecule has 92 valence electrons. The molecule has 6 nitrogen and oxygen atoms in total. The van der Waals surface area contributed by atoms with E-state index in [9.17, 15) is 14.4 Å². The van der Waals surface area contributed by atoms with Crippen LogP contribution in [-0.2, 0) is 14.4 Å². The van der Waals surface area contributed by atoms with Gasteiger partial charge in [-0.1, -0.05) is 0 Å². The number of hydrogen-bond donors (Lipinski definition) is 2. The minimum atomic E-state index is -1.07. The first-order valence-electron chi connectivity index (χ1n) is 4.98. The maximum atomic E-state index is 11.2. The van der Waals surface area contributed by atoms with Crippen LogP contribution in [0.5, 0.6) is 0 Å². The van der Waals surface area contributed by atoms with Crippen LogP contribution in [0, 0.1) is 0 Å². The fourth-order valence-corrected chi connectivity index (χ4v) is 1.32. The van der Waals surface area contributed by atoms with Gasteiger partial charge in [0, 0.05) is 6.54 Å². The van der Waals surface area contributed by atoms with Crippen molar-refractivity contribution in [2.24, 2.45) is 0 Å². The van der Waals surface area contributed by atoms with Crippen LogP contribution in [0.3, 0.4) is 0 Å². The normalized spacial score (nSPS) is 14.5. The quantitative estimate of drug-likeness (QED) is 0.650. The second kappa shape index (κ2) is 6.22. The third kappa shape index (κ3) is 4.39. The van der Waals surface area contributed by atoms with Crippen molar-refractivity contribution >= 4 is 17.7 Å². The Hall–Kier alpha value is -1.43. The molecule has 0 aliphatic heterocycles. The second-order valence-corrected chi connectivity index (χ2v) is 3.68. The summed E-state index contributed by atoms with van der Waals surface area (Å²) in [6.45, 7) is 4.41. The molecule has 0 spiro atoms. The van der Waals surface area contributed by atoms with Crippen molar-refractivity contribution < 1.29 is 24.6 Å². The lowest BCUT2D eigenvalue weighted by molar-refractivity contribution is -0.146. The van der Waals surface area contributed by atoms with Crippen LogP contribution in [0.4, 0.5) is 0 Å². The molecule has 0 radical (unpaired) electrons. The van der Waals surface area contributed by atoms with Crippen LogP contribution in [0.2, 0.25) is 0 Å². The van der Waals surface area contributed by atoms with Gasteiger partial charge in [0.25, 0.3) is 0 Å². The largest absolute Gasteiger partial charge is 0.481 e. The monoisotopic (exact) mass is 231 g/mol. The average molecular weight is 231 g/mol. The highest BCUT2D eigenvalue weighted by Gasteiger charge is 2.27. The van der Waals surface area contributed by atoms with E-state index < -0.39 is 24.0 Å². The molecule has 0 saturated heterocycles. The Labute approximate surface area is 93.9 Å². The van der Waals surface area contributed by atoms with Crippen molar-refractivity contribution in [3.05, 3.63) is 0 Å². The summed E-state index contributed by atoms with van der Waals surface area (Å²) in [4.78, 5) is 33.8. The Morgan fingerprint density at radius 1 is 1.12 bits per heavy atom. The van der Waals surface area contributed by atoms with Crippen molar-refractivity contribution in [1.82, 2.24) is 4.90 Å². The van der Waals surface area contributed by atoms with Crippen molar-refractivity contribution in [1.29, 1.82) is 0 Å². The zero-order valence-electron chi connectivity index (χ0n) is 9.64. The molecule has 0 saturated carbocycles. The van der Waals surface area contributed by atoms with Gasteiger partial charge in [0.2, 0.25) is 0 Å². The van der Waals surface area contributed by atoms with Crippen LogP contribution in [0.1, 0.15) is 27.2 Å². The third-order valence-electron chi connectivity index (χ3n) is 2.52. The summed E-state index contributed by atoms with van der Waals surface area (Å²) in [6.07, 6.45) is -0.185. The van der Waals surface area contributed by atoms with E-state index in [0.717, 1.165) is 0 Å². The first-order valence-corrected chi connectivity index (χ1v) is 4.98. The lowest BCUT2D eigenvalue weighted by Gasteiger charge is -2.30. The van der Waals surface area contributed by atoms with E-state index in [1.807, 2.05) is 0 Å². The topological polar surface area (TPSA) is 94.9 Å². The Morgan fingerprint density at radius 3 is 1.94 bits per heavy atom. The summed E-state index contributed by atoms with van der Waals surface area (Å²) in [7, 11) is 0. The maximum Gasteiger partial charge on any atom is 0.320 e. The molecule has 0 heterocycles. The number of carboxylic acid groups (broad SMARTS) is 2. The van der Waals surface area contributed by atoms with Gasteiger partial charge in [-0.2, -0.15) is 0 Å². The van der Waals surface area contributed by atoms with Crippen LogP contribution >= 0.6 is 0 Å². The van der Waals surface area contributed by atoms with Gasteiger partial charge in [0.15, 0.2) is 0 Å². The number of ketones is 1. The Kier molecular flexibility index (Phi) is 5.66. The SMILES string of the molecule is CC(=O)C(C)N(CCC(=O)O)C(C)C(=O)O. The molecule has 0 rings (SSSR count). The van der Waals surface area contributed by atoms with Crippen molar-refractivity contribution in [3.63, 3.8) is 0 Å². The molecule has 0 aliphatic rings. The first kappa shape index (κ1) is 14.6. The number of hydrogen-bond acceptors (Lipinski definition) is 4. The molecule has 0 bridgehead atoms. The summed E-state index contributed by atoms with van der Waals surface area (Å²) in [5.74, 6) is -2.27. The molecule has 0 aromatic carbocycles. The van der Waals surface area contributed by atoms with Crippen molar-refractivity contribution in [3.8, 4) is 0 Å². The van der Waals surface area contributed by atoms with Gasteiger partial charge in [0.1, 0.15) is 11.8 Å². The lowest BCUT2D eigenvalue weighted by Crippen LogP contribution is -2.48. The number of carboxylic acids is 2. The van der Waals surface area contributed by atoms with E-state index in [1.165, 1.54) is 18.7 Å². The van der Waals surface area contributed by atoms with E-state index in [-0.39, 0.29) is 18.7 Å². The zero-order chi connectivity index (χ0) is 12.9. The predicted molar refractivity (Wildman–Crippen MR) is 56.2 cm³/mol. The van der Waals surface area contributed by atoms with E-state index in [0.29, 0.717) is 0 Å². The summed E-state index contributed by atoms with van der Waals surface area (Å²) in [5, 5.41) is 17.4. The molecule has 2 atom stereocenters. The van der Waals surface area contributed by atoms with E-state index in [4.69, 9.17) is 10.2 Å². The third-order valence-corrected chi connectivity index (χ3v) is 2.52. The van der Waals surface area contributed by atoms with E-state index in [2.05, 4.69) is 0 Å². The van der Waals surface area contributed by atoms with Crippen LogP contribution in [-0.4, -0.2) is 51.5 Å². The Morgan fingerprint density at radius 2 is 1.62 bits per heavy atom. The van der Waals surface area contributed by atoms with E-state index in [1.54, 1.807) is 6.92 Å². The highest BCUT2D eigenvalue weighted by molar-refractivity contribution is 5.82. The van der Waals surface area contributed by atoms with Gasteiger partial charge in [-0.25, -0.2) is 0 Å². The van der Waals surface area contributed by atoms with Crippen LogP contribution < -0.4 is 0 Å².